The Kier molecular flexibility index (Phi) is 6.24. The number of nitrogens with zero attached hydrogens (tertiary/aromatic N) is 1. The lowest BCUT2D eigenvalue weighted by molar-refractivity contribution is -0.123. The molecule has 2 rings (SSSR count). The number of carbonyl (C=O) groups excluding carboxylic acids is 1. The Bertz CT molecular complexity index is 715. The van der Waals surface area contributed by atoms with Crippen LogP contribution < -0.4 is 10.1 Å². The van der Waals surface area contributed by atoms with E-state index in [1.807, 2.05) is 36.2 Å². The standard InChI is InChI=1S/C18H26N2O4S/c1-4-10-24-16-7-5-15(6-8-16)12-20(3)13-17(21)19-18(2)9-11-25(22,23)14-18/h4-8H,1,9-14H2,2-3H3,(H,19,21)/t18-/m0/s1. The summed E-state index contributed by atoms with van der Waals surface area (Å²) >= 11 is 0. The van der Waals surface area contributed by atoms with Gasteiger partial charge >= 0.3 is 0 Å². The molecule has 0 spiro atoms. The maximum atomic E-state index is 12.2. The smallest absolute Gasteiger partial charge is 0.234 e. The number of carbonyl (C=O) groups is 1. The number of amides is 1. The third-order valence-corrected chi connectivity index (χ3v) is 6.00. The number of hydrogen-bond acceptors (Lipinski definition) is 5. The minimum atomic E-state index is -3.03. The molecule has 1 fully saturated rings. The van der Waals surface area contributed by atoms with Crippen molar-refractivity contribution in [3.05, 3.63) is 42.5 Å². The number of rotatable bonds is 8. The normalized spacial score (nSPS) is 21.9. The molecule has 0 aromatic heterocycles. The van der Waals surface area contributed by atoms with E-state index >= 15 is 0 Å². The van der Waals surface area contributed by atoms with Gasteiger partial charge in [0.2, 0.25) is 5.91 Å². The minimum absolute atomic E-state index is 0.0155. The molecular weight excluding hydrogens is 340 g/mol. The summed E-state index contributed by atoms with van der Waals surface area (Å²) in [7, 11) is -1.18. The molecule has 0 unspecified atom stereocenters. The summed E-state index contributed by atoms with van der Waals surface area (Å²) in [5.41, 5.74) is 0.414. The average molecular weight is 366 g/mol. The van der Waals surface area contributed by atoms with Crippen molar-refractivity contribution >= 4 is 15.7 Å². The Morgan fingerprint density at radius 1 is 1.40 bits per heavy atom. The van der Waals surface area contributed by atoms with E-state index in [1.165, 1.54) is 0 Å². The molecular formula is C18H26N2O4S. The topological polar surface area (TPSA) is 75.7 Å². The molecule has 1 aromatic rings. The van der Waals surface area contributed by atoms with Gasteiger partial charge in [-0.05, 0) is 38.1 Å². The van der Waals surface area contributed by atoms with E-state index in [9.17, 15) is 13.2 Å². The maximum Gasteiger partial charge on any atom is 0.234 e. The zero-order valence-electron chi connectivity index (χ0n) is 14.8. The van der Waals surface area contributed by atoms with Crippen molar-refractivity contribution in [2.45, 2.75) is 25.4 Å². The van der Waals surface area contributed by atoms with Gasteiger partial charge in [-0.25, -0.2) is 8.42 Å². The summed E-state index contributed by atoms with van der Waals surface area (Å²) in [6.07, 6.45) is 2.16. The van der Waals surface area contributed by atoms with Crippen LogP contribution in [0.3, 0.4) is 0 Å². The van der Waals surface area contributed by atoms with Gasteiger partial charge in [0, 0.05) is 6.54 Å². The van der Waals surface area contributed by atoms with Gasteiger partial charge in [-0.3, -0.25) is 9.69 Å². The van der Waals surface area contributed by atoms with Gasteiger partial charge in [0.25, 0.3) is 0 Å². The Labute approximate surface area is 149 Å². The Morgan fingerprint density at radius 2 is 2.08 bits per heavy atom. The molecule has 1 saturated heterocycles. The van der Waals surface area contributed by atoms with Crippen molar-refractivity contribution in [3.63, 3.8) is 0 Å². The molecule has 0 radical (unpaired) electrons. The van der Waals surface area contributed by atoms with Crippen molar-refractivity contribution in [1.82, 2.24) is 10.2 Å². The van der Waals surface area contributed by atoms with Gasteiger partial charge in [-0.15, -0.1) is 0 Å². The number of benzene rings is 1. The third-order valence-electron chi connectivity index (χ3n) is 4.10. The summed E-state index contributed by atoms with van der Waals surface area (Å²) in [6.45, 7) is 6.69. The van der Waals surface area contributed by atoms with Gasteiger partial charge in [0.1, 0.15) is 12.4 Å². The molecule has 1 atom stereocenters. The third kappa shape index (κ3) is 6.17. The van der Waals surface area contributed by atoms with E-state index in [0.717, 1.165) is 11.3 Å². The highest BCUT2D eigenvalue weighted by Gasteiger charge is 2.39. The fourth-order valence-corrected chi connectivity index (χ4v) is 5.04. The van der Waals surface area contributed by atoms with Crippen molar-refractivity contribution in [1.29, 1.82) is 0 Å². The first-order valence-electron chi connectivity index (χ1n) is 8.24. The fourth-order valence-electron chi connectivity index (χ4n) is 2.94. The zero-order chi connectivity index (χ0) is 18.5. The van der Waals surface area contributed by atoms with Crippen molar-refractivity contribution < 1.29 is 17.9 Å². The second kappa shape index (κ2) is 8.01. The van der Waals surface area contributed by atoms with Crippen molar-refractivity contribution in [3.8, 4) is 5.75 Å². The monoisotopic (exact) mass is 366 g/mol. The number of likely N-dealkylation sites (N-methyl/N-ethyl adjacent to an activating group) is 1. The van der Waals surface area contributed by atoms with Crippen LogP contribution in [-0.2, 0) is 21.2 Å². The van der Waals surface area contributed by atoms with Gasteiger partial charge < -0.3 is 10.1 Å². The Hall–Kier alpha value is -1.86. The molecule has 1 heterocycles. The zero-order valence-corrected chi connectivity index (χ0v) is 15.6. The van der Waals surface area contributed by atoms with Crippen LogP contribution in [0.1, 0.15) is 18.9 Å². The van der Waals surface area contributed by atoms with Crippen LogP contribution in [0.2, 0.25) is 0 Å². The summed E-state index contributed by atoms with van der Waals surface area (Å²) < 4.78 is 28.7. The van der Waals surface area contributed by atoms with Crippen molar-refractivity contribution in [2.75, 3.05) is 31.7 Å². The number of sulfone groups is 1. The highest BCUT2D eigenvalue weighted by molar-refractivity contribution is 7.91. The minimum Gasteiger partial charge on any atom is -0.490 e. The van der Waals surface area contributed by atoms with Crippen LogP contribution in [0.4, 0.5) is 0 Å². The van der Waals surface area contributed by atoms with E-state index in [-0.39, 0.29) is 24.0 Å². The van der Waals surface area contributed by atoms with Crippen LogP contribution in [0, 0.1) is 0 Å². The predicted octanol–water partition coefficient (Wildman–Crippen LogP) is 1.38. The summed E-state index contributed by atoms with van der Waals surface area (Å²) in [4.78, 5) is 14.1. The number of nitrogens with one attached hydrogen (secondary N) is 1. The molecule has 7 heteroatoms. The van der Waals surface area contributed by atoms with Gasteiger partial charge in [-0.1, -0.05) is 24.8 Å². The Morgan fingerprint density at radius 3 is 2.64 bits per heavy atom. The maximum absolute atomic E-state index is 12.2. The highest BCUT2D eigenvalue weighted by atomic mass is 32.2. The number of hydrogen-bond donors (Lipinski definition) is 1. The largest absolute Gasteiger partial charge is 0.490 e. The fraction of sp³-hybridized carbons (Fsp3) is 0.500. The van der Waals surface area contributed by atoms with Crippen molar-refractivity contribution in [2.24, 2.45) is 0 Å². The quantitative estimate of drug-likeness (QED) is 0.704. The van der Waals surface area contributed by atoms with Crippen LogP contribution in [0.15, 0.2) is 36.9 Å². The van der Waals surface area contributed by atoms with E-state index in [2.05, 4.69) is 11.9 Å². The molecule has 0 saturated carbocycles. The lowest BCUT2D eigenvalue weighted by Gasteiger charge is -2.25. The summed E-state index contributed by atoms with van der Waals surface area (Å²) in [5.74, 6) is 0.772. The van der Waals surface area contributed by atoms with Gasteiger partial charge in [0.05, 0.1) is 23.6 Å². The summed E-state index contributed by atoms with van der Waals surface area (Å²) in [5, 5.41) is 2.87. The van der Waals surface area contributed by atoms with Crippen LogP contribution in [0.25, 0.3) is 0 Å². The summed E-state index contributed by atoms with van der Waals surface area (Å²) in [6, 6.07) is 7.68. The molecule has 1 N–H and O–H groups in total. The molecule has 25 heavy (non-hydrogen) atoms. The van der Waals surface area contributed by atoms with E-state index in [4.69, 9.17) is 4.74 Å². The van der Waals surface area contributed by atoms with E-state index in [1.54, 1.807) is 13.0 Å². The lowest BCUT2D eigenvalue weighted by Crippen LogP contribution is -2.49. The van der Waals surface area contributed by atoms with Gasteiger partial charge in [0.15, 0.2) is 9.84 Å². The molecule has 138 valence electrons. The first kappa shape index (κ1) is 19.5. The predicted molar refractivity (Wildman–Crippen MR) is 98.3 cm³/mol. The average Bonchev–Trinajstić information content (AvgIpc) is 2.79. The molecule has 0 aliphatic carbocycles. The highest BCUT2D eigenvalue weighted by Crippen LogP contribution is 2.22. The SMILES string of the molecule is C=CCOc1ccc(CN(C)CC(=O)N[C@@]2(C)CCS(=O)(=O)C2)cc1. The molecule has 1 aliphatic rings. The van der Waals surface area contributed by atoms with Gasteiger partial charge in [-0.2, -0.15) is 0 Å². The first-order valence-corrected chi connectivity index (χ1v) is 10.1. The second-order valence-corrected chi connectivity index (χ2v) is 9.05. The Balaban J connectivity index is 1.82. The van der Waals surface area contributed by atoms with Crippen LogP contribution in [0.5, 0.6) is 5.75 Å². The molecule has 1 amide bonds. The first-order chi connectivity index (χ1) is 11.7. The molecule has 1 aromatic carbocycles. The number of ether oxygens (including phenoxy) is 1. The molecule has 1 aliphatic heterocycles. The molecule has 0 bridgehead atoms. The van der Waals surface area contributed by atoms with E-state index in [0.29, 0.717) is 19.6 Å². The lowest BCUT2D eigenvalue weighted by atomic mass is 10.0. The molecule has 6 nitrogen and oxygen atoms in total. The second-order valence-electron chi connectivity index (χ2n) is 6.87. The van der Waals surface area contributed by atoms with E-state index < -0.39 is 15.4 Å². The van der Waals surface area contributed by atoms with Crippen LogP contribution in [-0.4, -0.2) is 56.5 Å². The van der Waals surface area contributed by atoms with Crippen LogP contribution >= 0.6 is 0 Å².